The summed E-state index contributed by atoms with van der Waals surface area (Å²) in [5, 5.41) is 4.94. The number of carbonyl (C=O) groups is 2. The standard InChI is InChI=1S/C17H18N2O2/c1-17(2)16(21)18-9-10-19(17)15(20)14-8-7-12-5-3-4-6-13(12)11-14/h3-8,11H,9-10H2,1-2H3,(H,18,21). The molecule has 3 rings (SSSR count). The molecule has 1 aliphatic heterocycles. The number of benzene rings is 2. The fraction of sp³-hybridized carbons (Fsp3) is 0.294. The molecule has 108 valence electrons. The first-order chi connectivity index (χ1) is 10.00. The molecule has 21 heavy (non-hydrogen) atoms. The monoisotopic (exact) mass is 282 g/mol. The quantitative estimate of drug-likeness (QED) is 0.871. The number of piperazine rings is 1. The third-order valence-electron chi connectivity index (χ3n) is 4.09. The second-order valence-corrected chi connectivity index (χ2v) is 5.83. The summed E-state index contributed by atoms with van der Waals surface area (Å²) in [6.45, 7) is 4.59. The van der Waals surface area contributed by atoms with Crippen molar-refractivity contribution in [1.82, 2.24) is 10.2 Å². The van der Waals surface area contributed by atoms with Gasteiger partial charge in [-0.05, 0) is 36.8 Å². The number of nitrogens with one attached hydrogen (secondary N) is 1. The van der Waals surface area contributed by atoms with Crippen LogP contribution in [0.1, 0.15) is 24.2 Å². The molecule has 0 aliphatic carbocycles. The third kappa shape index (κ3) is 2.27. The Labute approximate surface area is 123 Å². The first-order valence-corrected chi connectivity index (χ1v) is 7.09. The summed E-state index contributed by atoms with van der Waals surface area (Å²) in [6, 6.07) is 13.6. The van der Waals surface area contributed by atoms with Crippen LogP contribution in [0.25, 0.3) is 10.8 Å². The molecule has 1 heterocycles. The zero-order valence-electron chi connectivity index (χ0n) is 12.2. The lowest BCUT2D eigenvalue weighted by Gasteiger charge is -2.41. The SMILES string of the molecule is CC1(C)C(=O)NCCN1C(=O)c1ccc2ccccc2c1. The second-order valence-electron chi connectivity index (χ2n) is 5.83. The highest BCUT2D eigenvalue weighted by molar-refractivity contribution is 6.02. The Bertz CT molecular complexity index is 722. The summed E-state index contributed by atoms with van der Waals surface area (Å²) in [5.74, 6) is -0.205. The van der Waals surface area contributed by atoms with Crippen molar-refractivity contribution in [2.24, 2.45) is 0 Å². The summed E-state index contributed by atoms with van der Waals surface area (Å²) in [6.07, 6.45) is 0. The van der Waals surface area contributed by atoms with E-state index in [1.165, 1.54) is 0 Å². The molecular formula is C17H18N2O2. The summed E-state index contributed by atoms with van der Waals surface area (Å²) >= 11 is 0. The van der Waals surface area contributed by atoms with Gasteiger partial charge in [0.1, 0.15) is 5.54 Å². The van der Waals surface area contributed by atoms with Crippen LogP contribution in [0.3, 0.4) is 0 Å². The van der Waals surface area contributed by atoms with Crippen LogP contribution in [0.4, 0.5) is 0 Å². The average molecular weight is 282 g/mol. The highest BCUT2D eigenvalue weighted by Gasteiger charge is 2.40. The van der Waals surface area contributed by atoms with Gasteiger partial charge in [-0.2, -0.15) is 0 Å². The largest absolute Gasteiger partial charge is 0.352 e. The molecule has 4 nitrogen and oxygen atoms in total. The van der Waals surface area contributed by atoms with Crippen LogP contribution in [-0.4, -0.2) is 35.3 Å². The Morgan fingerprint density at radius 1 is 1.14 bits per heavy atom. The zero-order chi connectivity index (χ0) is 15.0. The van der Waals surface area contributed by atoms with E-state index in [4.69, 9.17) is 0 Å². The van der Waals surface area contributed by atoms with E-state index >= 15 is 0 Å². The van der Waals surface area contributed by atoms with Gasteiger partial charge in [0, 0.05) is 18.7 Å². The van der Waals surface area contributed by atoms with Crippen LogP contribution in [0, 0.1) is 0 Å². The normalized spacial score (nSPS) is 17.6. The van der Waals surface area contributed by atoms with E-state index < -0.39 is 5.54 Å². The first-order valence-electron chi connectivity index (χ1n) is 7.09. The number of hydrogen-bond donors (Lipinski definition) is 1. The van der Waals surface area contributed by atoms with Gasteiger partial charge in [-0.25, -0.2) is 0 Å². The Morgan fingerprint density at radius 3 is 2.62 bits per heavy atom. The van der Waals surface area contributed by atoms with E-state index in [1.54, 1.807) is 18.7 Å². The predicted octanol–water partition coefficient (Wildman–Crippen LogP) is 2.19. The summed E-state index contributed by atoms with van der Waals surface area (Å²) in [7, 11) is 0. The summed E-state index contributed by atoms with van der Waals surface area (Å²) < 4.78 is 0. The molecule has 1 aliphatic rings. The highest BCUT2D eigenvalue weighted by atomic mass is 16.2. The van der Waals surface area contributed by atoms with Crippen molar-refractivity contribution < 1.29 is 9.59 Å². The van der Waals surface area contributed by atoms with Crippen LogP contribution in [0.2, 0.25) is 0 Å². The molecule has 0 bridgehead atoms. The van der Waals surface area contributed by atoms with E-state index in [-0.39, 0.29) is 11.8 Å². The predicted molar refractivity (Wildman–Crippen MR) is 82.1 cm³/mol. The average Bonchev–Trinajstić information content (AvgIpc) is 2.49. The molecule has 2 amide bonds. The molecule has 2 aromatic rings. The summed E-state index contributed by atoms with van der Waals surface area (Å²) in [5.41, 5.74) is -0.197. The molecule has 4 heteroatoms. The molecule has 0 unspecified atom stereocenters. The lowest BCUT2D eigenvalue weighted by atomic mass is 9.97. The lowest BCUT2D eigenvalue weighted by molar-refractivity contribution is -0.133. The lowest BCUT2D eigenvalue weighted by Crippen LogP contribution is -2.63. The smallest absolute Gasteiger partial charge is 0.254 e. The van der Waals surface area contributed by atoms with E-state index in [2.05, 4.69) is 5.32 Å². The molecule has 1 fully saturated rings. The van der Waals surface area contributed by atoms with Crippen LogP contribution in [0.15, 0.2) is 42.5 Å². The van der Waals surface area contributed by atoms with Crippen molar-refractivity contribution >= 4 is 22.6 Å². The van der Waals surface area contributed by atoms with Crippen LogP contribution in [0.5, 0.6) is 0 Å². The topological polar surface area (TPSA) is 49.4 Å². The van der Waals surface area contributed by atoms with Gasteiger partial charge in [0.05, 0.1) is 0 Å². The minimum atomic E-state index is -0.818. The minimum absolute atomic E-state index is 0.0967. The molecule has 0 aromatic heterocycles. The Balaban J connectivity index is 1.98. The Hall–Kier alpha value is -2.36. The molecule has 0 radical (unpaired) electrons. The minimum Gasteiger partial charge on any atom is -0.352 e. The second kappa shape index (κ2) is 4.88. The van der Waals surface area contributed by atoms with Crippen molar-refractivity contribution in [3.63, 3.8) is 0 Å². The van der Waals surface area contributed by atoms with Crippen LogP contribution < -0.4 is 5.32 Å². The van der Waals surface area contributed by atoms with Gasteiger partial charge in [0.15, 0.2) is 0 Å². The molecular weight excluding hydrogens is 264 g/mol. The fourth-order valence-electron chi connectivity index (χ4n) is 2.73. The number of amides is 2. The maximum Gasteiger partial charge on any atom is 0.254 e. The van der Waals surface area contributed by atoms with Crippen molar-refractivity contribution in [3.05, 3.63) is 48.0 Å². The zero-order valence-corrected chi connectivity index (χ0v) is 12.2. The van der Waals surface area contributed by atoms with Gasteiger partial charge in [-0.3, -0.25) is 9.59 Å². The number of fused-ring (bicyclic) bond motifs is 1. The van der Waals surface area contributed by atoms with Crippen molar-refractivity contribution in [2.75, 3.05) is 13.1 Å². The van der Waals surface area contributed by atoms with Crippen molar-refractivity contribution in [3.8, 4) is 0 Å². The van der Waals surface area contributed by atoms with Gasteiger partial charge in [-0.1, -0.05) is 30.3 Å². The van der Waals surface area contributed by atoms with Crippen molar-refractivity contribution in [2.45, 2.75) is 19.4 Å². The number of hydrogen-bond acceptors (Lipinski definition) is 2. The van der Waals surface area contributed by atoms with E-state index in [9.17, 15) is 9.59 Å². The van der Waals surface area contributed by atoms with E-state index in [0.717, 1.165) is 10.8 Å². The molecule has 0 spiro atoms. The van der Waals surface area contributed by atoms with Gasteiger partial charge < -0.3 is 10.2 Å². The van der Waals surface area contributed by atoms with Crippen LogP contribution >= 0.6 is 0 Å². The number of nitrogens with zero attached hydrogens (tertiary/aromatic N) is 1. The molecule has 0 atom stereocenters. The van der Waals surface area contributed by atoms with E-state index in [0.29, 0.717) is 18.7 Å². The molecule has 1 saturated heterocycles. The molecule has 1 N–H and O–H groups in total. The maximum atomic E-state index is 12.8. The highest BCUT2D eigenvalue weighted by Crippen LogP contribution is 2.23. The Kier molecular flexibility index (Phi) is 3.16. The third-order valence-corrected chi connectivity index (χ3v) is 4.09. The Morgan fingerprint density at radius 2 is 1.86 bits per heavy atom. The number of rotatable bonds is 1. The fourth-order valence-corrected chi connectivity index (χ4v) is 2.73. The van der Waals surface area contributed by atoms with Crippen molar-refractivity contribution in [1.29, 1.82) is 0 Å². The maximum absolute atomic E-state index is 12.8. The molecule has 0 saturated carbocycles. The molecule has 2 aromatic carbocycles. The van der Waals surface area contributed by atoms with E-state index in [1.807, 2.05) is 42.5 Å². The van der Waals surface area contributed by atoms with Gasteiger partial charge in [-0.15, -0.1) is 0 Å². The van der Waals surface area contributed by atoms with Gasteiger partial charge in [0.25, 0.3) is 5.91 Å². The van der Waals surface area contributed by atoms with Gasteiger partial charge in [0.2, 0.25) is 5.91 Å². The van der Waals surface area contributed by atoms with Crippen LogP contribution in [-0.2, 0) is 4.79 Å². The van der Waals surface area contributed by atoms with Gasteiger partial charge >= 0.3 is 0 Å². The first kappa shape index (κ1) is 13.6. The number of carbonyl (C=O) groups excluding carboxylic acids is 2. The summed E-state index contributed by atoms with van der Waals surface area (Å²) in [4.78, 5) is 26.4.